The second-order valence-electron chi connectivity index (χ2n) is 5.10. The Morgan fingerprint density at radius 2 is 1.24 bits per heavy atom. The van der Waals surface area contributed by atoms with Gasteiger partial charge in [0, 0.05) is 5.56 Å². The fraction of sp³-hybridized carbons (Fsp3) is 0.0526. The van der Waals surface area contributed by atoms with Crippen molar-refractivity contribution in [2.75, 3.05) is 0 Å². The van der Waals surface area contributed by atoms with Crippen LogP contribution in [0.15, 0.2) is 66.7 Å². The summed E-state index contributed by atoms with van der Waals surface area (Å²) < 4.78 is 0. The molecule has 3 aromatic rings. The molecule has 0 spiro atoms. The minimum absolute atomic E-state index is 0.264. The van der Waals surface area contributed by atoms with Gasteiger partial charge in [0.15, 0.2) is 0 Å². The van der Waals surface area contributed by atoms with Crippen LogP contribution in [-0.4, -0.2) is 10.2 Å². The van der Waals surface area contributed by atoms with Crippen molar-refractivity contribution in [2.24, 2.45) is 0 Å². The zero-order valence-electron chi connectivity index (χ0n) is 11.7. The molecular formula is C19H16O2. The smallest absolute Gasteiger partial charge is 0.123 e. The van der Waals surface area contributed by atoms with Gasteiger partial charge in [0.05, 0.1) is 0 Å². The van der Waals surface area contributed by atoms with E-state index in [1.165, 1.54) is 0 Å². The molecule has 0 saturated heterocycles. The van der Waals surface area contributed by atoms with Crippen LogP contribution >= 0.6 is 0 Å². The van der Waals surface area contributed by atoms with Crippen LogP contribution in [0.1, 0.15) is 5.56 Å². The van der Waals surface area contributed by atoms with E-state index in [4.69, 9.17) is 0 Å². The molecule has 0 heterocycles. The second-order valence-corrected chi connectivity index (χ2v) is 5.10. The summed E-state index contributed by atoms with van der Waals surface area (Å²) in [5.41, 5.74) is 4.64. The molecule has 2 nitrogen and oxygen atoms in total. The van der Waals surface area contributed by atoms with Crippen LogP contribution in [0.3, 0.4) is 0 Å². The molecule has 0 radical (unpaired) electrons. The zero-order valence-corrected chi connectivity index (χ0v) is 11.7. The molecular weight excluding hydrogens is 260 g/mol. The summed E-state index contributed by atoms with van der Waals surface area (Å²) in [6.07, 6.45) is 0. The summed E-state index contributed by atoms with van der Waals surface area (Å²) in [7, 11) is 0. The van der Waals surface area contributed by atoms with Crippen LogP contribution in [0, 0.1) is 6.92 Å². The van der Waals surface area contributed by atoms with E-state index < -0.39 is 0 Å². The lowest BCUT2D eigenvalue weighted by molar-refractivity contribution is 0.471. The largest absolute Gasteiger partial charge is 0.508 e. The molecule has 21 heavy (non-hydrogen) atoms. The number of aryl methyl sites for hydroxylation is 1. The van der Waals surface area contributed by atoms with E-state index in [-0.39, 0.29) is 5.75 Å². The first-order chi connectivity index (χ1) is 10.1. The maximum absolute atomic E-state index is 10.1. The lowest BCUT2D eigenvalue weighted by Crippen LogP contribution is -1.84. The first kappa shape index (κ1) is 13.3. The minimum Gasteiger partial charge on any atom is -0.508 e. The van der Waals surface area contributed by atoms with Gasteiger partial charge in [-0.25, -0.2) is 0 Å². The number of rotatable bonds is 2. The molecule has 0 amide bonds. The quantitative estimate of drug-likeness (QED) is 0.709. The Labute approximate surface area is 123 Å². The summed E-state index contributed by atoms with van der Waals surface area (Å²) in [4.78, 5) is 0. The van der Waals surface area contributed by atoms with Crippen LogP contribution in [0.4, 0.5) is 0 Å². The van der Waals surface area contributed by atoms with Gasteiger partial charge in [0.2, 0.25) is 0 Å². The van der Waals surface area contributed by atoms with Gasteiger partial charge >= 0.3 is 0 Å². The molecule has 0 aliphatic heterocycles. The third kappa shape index (κ3) is 2.61. The monoisotopic (exact) mass is 276 g/mol. The summed E-state index contributed by atoms with van der Waals surface area (Å²) in [5, 5.41) is 19.7. The molecule has 3 aromatic carbocycles. The van der Waals surface area contributed by atoms with E-state index in [0.29, 0.717) is 5.75 Å². The van der Waals surface area contributed by atoms with Crippen LogP contribution in [0.5, 0.6) is 11.5 Å². The van der Waals surface area contributed by atoms with Crippen molar-refractivity contribution in [3.63, 3.8) is 0 Å². The van der Waals surface area contributed by atoms with Gasteiger partial charge < -0.3 is 10.2 Å². The Hall–Kier alpha value is -2.74. The van der Waals surface area contributed by atoms with Crippen molar-refractivity contribution in [1.29, 1.82) is 0 Å². The molecule has 0 aliphatic carbocycles. The fourth-order valence-electron chi connectivity index (χ4n) is 2.40. The topological polar surface area (TPSA) is 40.5 Å². The highest BCUT2D eigenvalue weighted by Gasteiger charge is 2.07. The van der Waals surface area contributed by atoms with Crippen LogP contribution in [0.2, 0.25) is 0 Å². The average Bonchev–Trinajstić information content (AvgIpc) is 2.51. The molecule has 2 heteroatoms. The van der Waals surface area contributed by atoms with E-state index in [1.54, 1.807) is 12.1 Å². The zero-order chi connectivity index (χ0) is 14.8. The molecule has 104 valence electrons. The molecule has 0 fully saturated rings. The predicted molar refractivity (Wildman–Crippen MR) is 85.4 cm³/mol. The molecule has 2 N–H and O–H groups in total. The van der Waals surface area contributed by atoms with Crippen LogP contribution in [0.25, 0.3) is 22.3 Å². The number of hydrogen-bond donors (Lipinski definition) is 2. The normalized spacial score (nSPS) is 10.5. The van der Waals surface area contributed by atoms with Gasteiger partial charge in [0.25, 0.3) is 0 Å². The highest BCUT2D eigenvalue weighted by Crippen LogP contribution is 2.34. The third-order valence-corrected chi connectivity index (χ3v) is 3.61. The Morgan fingerprint density at radius 3 is 1.90 bits per heavy atom. The molecule has 0 atom stereocenters. The van der Waals surface area contributed by atoms with E-state index in [9.17, 15) is 10.2 Å². The van der Waals surface area contributed by atoms with Crippen molar-refractivity contribution in [2.45, 2.75) is 6.92 Å². The highest BCUT2D eigenvalue weighted by molar-refractivity contribution is 5.77. The Kier molecular flexibility index (Phi) is 3.36. The summed E-state index contributed by atoms with van der Waals surface area (Å²) in [6, 6.07) is 20.9. The number of phenols is 2. The van der Waals surface area contributed by atoms with Crippen molar-refractivity contribution in [3.8, 4) is 33.8 Å². The van der Waals surface area contributed by atoms with Crippen molar-refractivity contribution in [1.82, 2.24) is 0 Å². The Balaban J connectivity index is 2.11. The standard InChI is InChI=1S/C19H16O2/c1-13-11-15(7-9-18(13)20)16-8-10-19(21)17(12-16)14-5-3-2-4-6-14/h2-12,20-21H,1H3. The van der Waals surface area contributed by atoms with E-state index in [1.807, 2.05) is 61.5 Å². The lowest BCUT2D eigenvalue weighted by atomic mass is 9.97. The van der Waals surface area contributed by atoms with E-state index in [2.05, 4.69) is 0 Å². The fourth-order valence-corrected chi connectivity index (χ4v) is 2.40. The molecule has 3 rings (SSSR count). The first-order valence-corrected chi connectivity index (χ1v) is 6.83. The highest BCUT2D eigenvalue weighted by atomic mass is 16.3. The number of benzene rings is 3. The second kappa shape index (κ2) is 5.33. The van der Waals surface area contributed by atoms with Gasteiger partial charge in [-0.2, -0.15) is 0 Å². The Bertz CT molecular complexity index is 777. The van der Waals surface area contributed by atoms with Gasteiger partial charge in [0.1, 0.15) is 11.5 Å². The molecule has 0 unspecified atom stereocenters. The van der Waals surface area contributed by atoms with Gasteiger partial charge in [-0.05, 0) is 53.4 Å². The van der Waals surface area contributed by atoms with Gasteiger partial charge in [-0.1, -0.05) is 42.5 Å². The molecule has 0 bridgehead atoms. The van der Waals surface area contributed by atoms with Crippen molar-refractivity contribution >= 4 is 0 Å². The summed E-state index contributed by atoms with van der Waals surface area (Å²) >= 11 is 0. The average molecular weight is 276 g/mol. The SMILES string of the molecule is Cc1cc(-c2ccc(O)c(-c3ccccc3)c2)ccc1O. The predicted octanol–water partition coefficient (Wildman–Crippen LogP) is 4.74. The summed E-state index contributed by atoms with van der Waals surface area (Å²) in [6.45, 7) is 1.87. The first-order valence-electron chi connectivity index (χ1n) is 6.83. The molecule has 0 saturated carbocycles. The number of hydrogen-bond acceptors (Lipinski definition) is 2. The van der Waals surface area contributed by atoms with Crippen molar-refractivity contribution in [3.05, 3.63) is 72.3 Å². The van der Waals surface area contributed by atoms with Crippen LogP contribution in [-0.2, 0) is 0 Å². The Morgan fingerprint density at radius 1 is 0.619 bits per heavy atom. The van der Waals surface area contributed by atoms with Gasteiger partial charge in [-0.15, -0.1) is 0 Å². The lowest BCUT2D eigenvalue weighted by Gasteiger charge is -2.09. The maximum Gasteiger partial charge on any atom is 0.123 e. The molecule has 0 aliphatic rings. The minimum atomic E-state index is 0.264. The van der Waals surface area contributed by atoms with E-state index >= 15 is 0 Å². The van der Waals surface area contributed by atoms with Crippen LogP contribution < -0.4 is 0 Å². The number of aromatic hydroxyl groups is 2. The number of phenolic OH excluding ortho intramolecular Hbond substituents is 2. The maximum atomic E-state index is 10.1. The van der Waals surface area contributed by atoms with Crippen molar-refractivity contribution < 1.29 is 10.2 Å². The van der Waals surface area contributed by atoms with E-state index in [0.717, 1.165) is 27.8 Å². The summed E-state index contributed by atoms with van der Waals surface area (Å²) in [5.74, 6) is 0.557. The van der Waals surface area contributed by atoms with Gasteiger partial charge in [-0.3, -0.25) is 0 Å². The third-order valence-electron chi connectivity index (χ3n) is 3.61. The molecule has 0 aromatic heterocycles.